The molecule has 0 spiro atoms. The third kappa shape index (κ3) is 7.02. The van der Waals surface area contributed by atoms with Crippen molar-refractivity contribution < 1.29 is 51.5 Å². The van der Waals surface area contributed by atoms with Gasteiger partial charge in [0.2, 0.25) is 0 Å². The highest BCUT2D eigenvalue weighted by atomic mass is 32.2. The molecule has 0 saturated carbocycles. The van der Waals surface area contributed by atoms with E-state index in [9.17, 15) is 28.5 Å². The Kier molecular flexibility index (Phi) is 7.31. The zero-order chi connectivity index (χ0) is 21.3. The van der Waals surface area contributed by atoms with Gasteiger partial charge in [-0.15, -0.1) is 11.8 Å². The van der Waals surface area contributed by atoms with Crippen LogP contribution in [0.2, 0.25) is 0 Å². The lowest BCUT2D eigenvalue weighted by molar-refractivity contribution is 0.125. The number of nitrogen functional groups attached to an aromatic ring is 1. The maximum absolute atomic E-state index is 11.8. The lowest BCUT2D eigenvalue weighted by atomic mass is 10.2. The lowest BCUT2D eigenvalue weighted by Crippen LogP contribution is -2.25. The van der Waals surface area contributed by atoms with Crippen molar-refractivity contribution in [1.29, 1.82) is 0 Å². The van der Waals surface area contributed by atoms with Crippen molar-refractivity contribution >= 4 is 41.0 Å². The fourth-order valence-corrected chi connectivity index (χ4v) is 6.74. The van der Waals surface area contributed by atoms with E-state index in [0.29, 0.717) is 0 Å². The number of hydrogen-bond acceptors (Lipinski definition) is 11. The number of phosphoric ester groups is 1. The quantitative estimate of drug-likeness (QED) is 0.256. The zero-order valence-corrected chi connectivity index (χ0v) is 17.1. The number of aliphatic hydroxyl groups excluding tert-OH is 1. The summed E-state index contributed by atoms with van der Waals surface area (Å²) in [7, 11) is -16.4. The molecule has 5 atom stereocenters. The molecule has 1 aromatic heterocycles. The van der Waals surface area contributed by atoms with Gasteiger partial charge in [0.1, 0.15) is 5.82 Å². The SMILES string of the molecule is Nc1ccn([C@H]2CC(O)[C@@H](COP(=O)(O)OP(=O)(O)OP(=O)(O)O)S2)c(=O)n1. The molecule has 1 saturated heterocycles. The van der Waals surface area contributed by atoms with Crippen LogP contribution in [0.5, 0.6) is 0 Å². The average molecular weight is 483 g/mol. The highest BCUT2D eigenvalue weighted by molar-refractivity contribution is 8.00. The van der Waals surface area contributed by atoms with Crippen LogP contribution in [0.25, 0.3) is 0 Å². The molecule has 2 rings (SSSR count). The molecule has 0 aromatic carbocycles. The maximum atomic E-state index is 11.8. The van der Waals surface area contributed by atoms with Gasteiger partial charge in [-0.2, -0.15) is 13.6 Å². The number of anilines is 1. The molecule has 0 bridgehead atoms. The van der Waals surface area contributed by atoms with Crippen molar-refractivity contribution in [2.24, 2.45) is 0 Å². The predicted octanol–water partition coefficient (Wildman–Crippen LogP) is -0.466. The molecular formula is C9H16N3O12P3S. The van der Waals surface area contributed by atoms with Crippen molar-refractivity contribution in [1.82, 2.24) is 9.55 Å². The highest BCUT2D eigenvalue weighted by Crippen LogP contribution is 2.66. The Balaban J connectivity index is 1.98. The van der Waals surface area contributed by atoms with E-state index in [1.807, 2.05) is 0 Å². The predicted molar refractivity (Wildman–Crippen MR) is 93.8 cm³/mol. The molecule has 3 unspecified atom stereocenters. The standard InChI is InChI=1S/C9H16N3O12P3S/c10-7-1-2-12(9(14)11-7)8-3-5(13)6(28-8)4-22-26(18,19)24-27(20,21)23-25(15,16)17/h1-2,5-6,8,13H,3-4H2,(H,18,19)(H,20,21)(H2,10,11,14)(H2,15,16,17)/t5?,6-,8-/m1/s1. The van der Waals surface area contributed by atoms with Crippen molar-refractivity contribution in [2.45, 2.75) is 23.1 Å². The summed E-state index contributed by atoms with van der Waals surface area (Å²) in [5, 5.41) is 8.60. The van der Waals surface area contributed by atoms with Gasteiger partial charge in [0.25, 0.3) is 0 Å². The summed E-state index contributed by atoms with van der Waals surface area (Å²) in [6, 6.07) is 1.37. The van der Waals surface area contributed by atoms with Crippen LogP contribution in [0.1, 0.15) is 11.8 Å². The molecule has 1 fully saturated rings. The van der Waals surface area contributed by atoms with Crippen LogP contribution < -0.4 is 11.4 Å². The summed E-state index contributed by atoms with van der Waals surface area (Å²) in [6.45, 7) is -0.664. The summed E-state index contributed by atoms with van der Waals surface area (Å²) >= 11 is 0.993. The molecule has 0 radical (unpaired) electrons. The smallest absolute Gasteiger partial charge is 0.392 e. The van der Waals surface area contributed by atoms with Gasteiger partial charge in [0.05, 0.1) is 23.3 Å². The lowest BCUT2D eigenvalue weighted by Gasteiger charge is -2.19. The van der Waals surface area contributed by atoms with Crippen LogP contribution in [-0.4, -0.2) is 52.2 Å². The summed E-state index contributed by atoms with van der Waals surface area (Å²) < 4.78 is 46.4. The van der Waals surface area contributed by atoms with E-state index in [4.69, 9.17) is 20.4 Å². The Bertz CT molecular complexity index is 919. The number of aliphatic hydroxyl groups is 1. The molecular weight excluding hydrogens is 467 g/mol. The van der Waals surface area contributed by atoms with Crippen LogP contribution in [-0.2, 0) is 26.8 Å². The Morgan fingerprint density at radius 2 is 1.86 bits per heavy atom. The van der Waals surface area contributed by atoms with Gasteiger partial charge < -0.3 is 30.4 Å². The number of phosphoric acid groups is 3. The molecule has 160 valence electrons. The topological polar surface area (TPSA) is 241 Å². The van der Waals surface area contributed by atoms with Crippen LogP contribution in [0, 0.1) is 0 Å². The van der Waals surface area contributed by atoms with Crippen molar-refractivity contribution in [3.05, 3.63) is 22.7 Å². The number of rotatable bonds is 8. The van der Waals surface area contributed by atoms with Gasteiger partial charge in [0.15, 0.2) is 0 Å². The van der Waals surface area contributed by atoms with Gasteiger partial charge in [-0.05, 0) is 6.07 Å². The summed E-state index contributed by atoms with van der Waals surface area (Å²) in [5.74, 6) is 0.00834. The van der Waals surface area contributed by atoms with Gasteiger partial charge >= 0.3 is 29.2 Å². The zero-order valence-electron chi connectivity index (χ0n) is 13.6. The molecule has 2 heterocycles. The van der Waals surface area contributed by atoms with E-state index >= 15 is 0 Å². The normalized spacial score (nSPS) is 27.2. The highest BCUT2D eigenvalue weighted by Gasteiger charge is 2.42. The molecule has 0 amide bonds. The van der Waals surface area contributed by atoms with Gasteiger partial charge in [0, 0.05) is 12.6 Å². The van der Waals surface area contributed by atoms with E-state index in [1.54, 1.807) is 0 Å². The first-order valence-electron chi connectivity index (χ1n) is 7.14. The van der Waals surface area contributed by atoms with Gasteiger partial charge in [-0.3, -0.25) is 9.09 Å². The van der Waals surface area contributed by atoms with E-state index < -0.39 is 52.5 Å². The van der Waals surface area contributed by atoms with Crippen molar-refractivity contribution in [2.75, 3.05) is 12.3 Å². The largest absolute Gasteiger partial charge is 0.490 e. The second-order valence-corrected chi connectivity index (χ2v) is 11.2. The average Bonchev–Trinajstić information content (AvgIpc) is 2.82. The first-order chi connectivity index (χ1) is 12.7. The second-order valence-electron chi connectivity index (χ2n) is 5.36. The van der Waals surface area contributed by atoms with Crippen molar-refractivity contribution in [3.63, 3.8) is 0 Å². The van der Waals surface area contributed by atoms with Crippen LogP contribution in [0.4, 0.5) is 5.82 Å². The van der Waals surface area contributed by atoms with Crippen molar-refractivity contribution in [3.8, 4) is 0 Å². The van der Waals surface area contributed by atoms with E-state index in [2.05, 4.69) is 18.1 Å². The summed E-state index contributed by atoms with van der Waals surface area (Å²) in [5.41, 5.74) is 4.72. The first-order valence-corrected chi connectivity index (χ1v) is 12.6. The number of nitrogens with two attached hydrogens (primary N) is 1. The molecule has 0 aliphatic carbocycles. The Hall–Kier alpha value is -0.600. The molecule has 1 aromatic rings. The minimum absolute atomic E-state index is 0.00834. The monoisotopic (exact) mass is 483 g/mol. The van der Waals surface area contributed by atoms with E-state index in [1.165, 1.54) is 16.8 Å². The molecule has 19 heteroatoms. The molecule has 1 aliphatic heterocycles. The summed E-state index contributed by atoms with van der Waals surface area (Å²) in [4.78, 5) is 50.8. The third-order valence-corrected chi connectivity index (χ3v) is 8.52. The Morgan fingerprint density at radius 3 is 2.43 bits per heavy atom. The molecule has 1 aliphatic rings. The van der Waals surface area contributed by atoms with Gasteiger partial charge in [-0.1, -0.05) is 0 Å². The first kappa shape index (κ1) is 23.7. The summed E-state index contributed by atoms with van der Waals surface area (Å²) in [6.07, 6.45) is 0.326. The molecule has 28 heavy (non-hydrogen) atoms. The third-order valence-electron chi connectivity index (χ3n) is 3.18. The number of aromatic nitrogens is 2. The van der Waals surface area contributed by atoms with E-state index in [-0.39, 0.29) is 12.2 Å². The number of nitrogens with zero attached hydrogens (tertiary/aromatic N) is 2. The fraction of sp³-hybridized carbons (Fsp3) is 0.556. The number of thioether (sulfide) groups is 1. The Morgan fingerprint density at radius 1 is 1.21 bits per heavy atom. The Labute approximate surface area is 160 Å². The van der Waals surface area contributed by atoms with Gasteiger partial charge in [-0.25, -0.2) is 18.5 Å². The molecule has 15 nitrogen and oxygen atoms in total. The minimum atomic E-state index is -5.62. The van der Waals surface area contributed by atoms with Crippen LogP contribution >= 0.6 is 35.2 Å². The number of hydrogen-bond donors (Lipinski definition) is 6. The second kappa shape index (κ2) is 8.64. The van der Waals surface area contributed by atoms with Crippen LogP contribution in [0.3, 0.4) is 0 Å². The van der Waals surface area contributed by atoms with Crippen LogP contribution in [0.15, 0.2) is 17.1 Å². The van der Waals surface area contributed by atoms with E-state index in [0.717, 1.165) is 11.8 Å². The fourth-order valence-electron chi connectivity index (χ4n) is 2.15. The maximum Gasteiger partial charge on any atom is 0.490 e. The minimum Gasteiger partial charge on any atom is -0.392 e. The molecule has 7 N–H and O–H groups in total.